The highest BCUT2D eigenvalue weighted by Crippen LogP contribution is 2.03. The molecule has 0 radical (unpaired) electrons. The monoisotopic (exact) mass is 214 g/mol. The highest BCUT2D eigenvalue weighted by molar-refractivity contribution is 4.67. The summed E-state index contributed by atoms with van der Waals surface area (Å²) in [5, 5.41) is 3.54. The van der Waals surface area contributed by atoms with Crippen LogP contribution in [-0.4, -0.2) is 36.6 Å². The molecule has 0 fully saturated rings. The first kappa shape index (κ1) is 14.9. The van der Waals surface area contributed by atoms with Crippen molar-refractivity contribution < 1.29 is 0 Å². The average Bonchev–Trinajstić information content (AvgIpc) is 2.20. The molecule has 1 atom stereocenters. The van der Waals surface area contributed by atoms with Crippen LogP contribution in [0.25, 0.3) is 0 Å². The second-order valence-electron chi connectivity index (χ2n) is 4.77. The summed E-state index contributed by atoms with van der Waals surface area (Å²) in [7, 11) is 0. The van der Waals surface area contributed by atoms with Crippen LogP contribution in [0.4, 0.5) is 0 Å². The van der Waals surface area contributed by atoms with E-state index in [-0.39, 0.29) is 0 Å². The average molecular weight is 214 g/mol. The second kappa shape index (κ2) is 9.17. The number of hydrogen-bond acceptors (Lipinski definition) is 2. The molecule has 0 saturated heterocycles. The van der Waals surface area contributed by atoms with Gasteiger partial charge in [-0.3, -0.25) is 0 Å². The van der Waals surface area contributed by atoms with Crippen LogP contribution in [0.15, 0.2) is 0 Å². The van der Waals surface area contributed by atoms with Gasteiger partial charge in [0.25, 0.3) is 0 Å². The Labute approximate surface area is 96.4 Å². The van der Waals surface area contributed by atoms with Crippen molar-refractivity contribution in [3.05, 3.63) is 0 Å². The van der Waals surface area contributed by atoms with Gasteiger partial charge in [-0.1, -0.05) is 13.8 Å². The molecule has 0 saturated carbocycles. The molecule has 1 N–H and O–H groups in total. The van der Waals surface area contributed by atoms with Crippen LogP contribution < -0.4 is 5.32 Å². The van der Waals surface area contributed by atoms with Gasteiger partial charge in [0.15, 0.2) is 0 Å². The van der Waals surface area contributed by atoms with E-state index in [0.717, 1.165) is 6.54 Å². The van der Waals surface area contributed by atoms with Gasteiger partial charge < -0.3 is 10.2 Å². The van der Waals surface area contributed by atoms with Gasteiger partial charge >= 0.3 is 0 Å². The number of nitrogens with one attached hydrogen (secondary N) is 1. The Balaban J connectivity index is 3.68. The molecule has 15 heavy (non-hydrogen) atoms. The van der Waals surface area contributed by atoms with E-state index >= 15 is 0 Å². The number of nitrogens with zero attached hydrogens (tertiary/aromatic N) is 1. The van der Waals surface area contributed by atoms with Gasteiger partial charge in [-0.2, -0.15) is 0 Å². The fourth-order valence-corrected chi connectivity index (χ4v) is 1.77. The minimum absolute atomic E-state index is 0.656. The number of hydrogen-bond donors (Lipinski definition) is 1. The molecular weight excluding hydrogens is 184 g/mol. The highest BCUT2D eigenvalue weighted by atomic mass is 15.1. The smallest absolute Gasteiger partial charge is 0.00509 e. The summed E-state index contributed by atoms with van der Waals surface area (Å²) in [5.74, 6) is 0. The number of rotatable bonds is 9. The third-order valence-electron chi connectivity index (χ3n) is 2.83. The summed E-state index contributed by atoms with van der Waals surface area (Å²) < 4.78 is 0. The zero-order chi connectivity index (χ0) is 11.7. The van der Waals surface area contributed by atoms with Crippen LogP contribution in [0, 0.1) is 0 Å². The summed E-state index contributed by atoms with van der Waals surface area (Å²) in [6.45, 7) is 15.0. The largest absolute Gasteiger partial charge is 0.314 e. The maximum Gasteiger partial charge on any atom is 0.00509 e. The molecule has 0 aliphatic carbocycles. The van der Waals surface area contributed by atoms with Crippen molar-refractivity contribution in [2.75, 3.05) is 19.6 Å². The van der Waals surface area contributed by atoms with Crippen LogP contribution in [0.2, 0.25) is 0 Å². The molecule has 0 aromatic carbocycles. The summed E-state index contributed by atoms with van der Waals surface area (Å²) in [5.41, 5.74) is 0. The lowest BCUT2D eigenvalue weighted by atomic mass is 10.2. The molecule has 0 bridgehead atoms. The molecule has 0 aliphatic heterocycles. The van der Waals surface area contributed by atoms with Gasteiger partial charge in [0, 0.05) is 12.1 Å². The van der Waals surface area contributed by atoms with Crippen LogP contribution in [0.5, 0.6) is 0 Å². The van der Waals surface area contributed by atoms with Gasteiger partial charge in [-0.05, 0) is 59.7 Å². The van der Waals surface area contributed by atoms with E-state index in [9.17, 15) is 0 Å². The lowest BCUT2D eigenvalue weighted by Gasteiger charge is -2.27. The van der Waals surface area contributed by atoms with E-state index < -0.39 is 0 Å². The first-order valence-electron chi connectivity index (χ1n) is 6.59. The standard InChI is InChI=1S/C13H30N2/c1-6-9-14-13(5)8-11-15(10-7-2)12(3)4/h12-14H,6-11H2,1-5H3. The zero-order valence-corrected chi connectivity index (χ0v) is 11.3. The summed E-state index contributed by atoms with van der Waals surface area (Å²) >= 11 is 0. The van der Waals surface area contributed by atoms with Crippen LogP contribution >= 0.6 is 0 Å². The minimum atomic E-state index is 0.656. The van der Waals surface area contributed by atoms with E-state index in [4.69, 9.17) is 0 Å². The summed E-state index contributed by atoms with van der Waals surface area (Å²) in [4.78, 5) is 2.57. The van der Waals surface area contributed by atoms with Crippen LogP contribution in [-0.2, 0) is 0 Å². The van der Waals surface area contributed by atoms with Crippen molar-refractivity contribution in [3.63, 3.8) is 0 Å². The lowest BCUT2D eigenvalue weighted by Crippen LogP contribution is -2.36. The quantitative estimate of drug-likeness (QED) is 0.635. The van der Waals surface area contributed by atoms with E-state index in [1.165, 1.54) is 32.4 Å². The molecule has 92 valence electrons. The Hall–Kier alpha value is -0.0800. The van der Waals surface area contributed by atoms with Gasteiger partial charge in [0.1, 0.15) is 0 Å². The maximum atomic E-state index is 3.54. The van der Waals surface area contributed by atoms with Crippen molar-refractivity contribution in [1.29, 1.82) is 0 Å². The Morgan fingerprint density at radius 3 is 2.13 bits per heavy atom. The molecule has 2 nitrogen and oxygen atoms in total. The SMILES string of the molecule is CCCNC(C)CCN(CCC)C(C)C. The van der Waals surface area contributed by atoms with Crippen molar-refractivity contribution in [2.24, 2.45) is 0 Å². The van der Waals surface area contributed by atoms with Crippen LogP contribution in [0.3, 0.4) is 0 Å². The molecule has 2 heteroatoms. The third-order valence-corrected chi connectivity index (χ3v) is 2.83. The Morgan fingerprint density at radius 1 is 1.00 bits per heavy atom. The highest BCUT2D eigenvalue weighted by Gasteiger charge is 2.09. The van der Waals surface area contributed by atoms with Crippen molar-refractivity contribution in [2.45, 2.75) is 66.0 Å². The fraction of sp³-hybridized carbons (Fsp3) is 1.00. The molecule has 0 amide bonds. The third kappa shape index (κ3) is 7.80. The van der Waals surface area contributed by atoms with Gasteiger partial charge in [0.2, 0.25) is 0 Å². The van der Waals surface area contributed by atoms with Crippen molar-refractivity contribution >= 4 is 0 Å². The topological polar surface area (TPSA) is 15.3 Å². The summed E-state index contributed by atoms with van der Waals surface area (Å²) in [6.07, 6.45) is 3.75. The fourth-order valence-electron chi connectivity index (χ4n) is 1.77. The second-order valence-corrected chi connectivity index (χ2v) is 4.77. The molecule has 0 heterocycles. The predicted octanol–water partition coefficient (Wildman–Crippen LogP) is 2.89. The maximum absolute atomic E-state index is 3.54. The van der Waals surface area contributed by atoms with Gasteiger partial charge in [-0.25, -0.2) is 0 Å². The Kier molecular flexibility index (Phi) is 9.12. The van der Waals surface area contributed by atoms with Crippen LogP contribution in [0.1, 0.15) is 53.9 Å². The molecule has 0 rings (SSSR count). The lowest BCUT2D eigenvalue weighted by molar-refractivity contribution is 0.211. The minimum Gasteiger partial charge on any atom is -0.314 e. The first-order chi connectivity index (χ1) is 7.11. The van der Waals surface area contributed by atoms with E-state index in [1.54, 1.807) is 0 Å². The molecule has 1 unspecified atom stereocenters. The van der Waals surface area contributed by atoms with E-state index in [2.05, 4.69) is 44.8 Å². The molecule has 0 aromatic heterocycles. The zero-order valence-electron chi connectivity index (χ0n) is 11.3. The van der Waals surface area contributed by atoms with E-state index in [0.29, 0.717) is 12.1 Å². The first-order valence-corrected chi connectivity index (χ1v) is 6.59. The van der Waals surface area contributed by atoms with Gasteiger partial charge in [-0.15, -0.1) is 0 Å². The normalized spacial score (nSPS) is 13.8. The molecule has 0 aliphatic rings. The summed E-state index contributed by atoms with van der Waals surface area (Å²) in [6, 6.07) is 1.34. The molecule has 0 spiro atoms. The van der Waals surface area contributed by atoms with Gasteiger partial charge in [0.05, 0.1) is 0 Å². The van der Waals surface area contributed by atoms with Crippen molar-refractivity contribution in [3.8, 4) is 0 Å². The molecule has 0 aromatic rings. The Morgan fingerprint density at radius 2 is 1.67 bits per heavy atom. The van der Waals surface area contributed by atoms with Crippen molar-refractivity contribution in [1.82, 2.24) is 10.2 Å². The molecular formula is C13H30N2. The Bertz CT molecular complexity index is 134. The van der Waals surface area contributed by atoms with E-state index in [1.807, 2.05) is 0 Å². The predicted molar refractivity (Wildman–Crippen MR) is 69.4 cm³/mol.